The molecule has 1 aliphatic carbocycles. The summed E-state index contributed by atoms with van der Waals surface area (Å²) in [5, 5.41) is 15.9. The summed E-state index contributed by atoms with van der Waals surface area (Å²) in [7, 11) is 0. The maximum atomic E-state index is 12.3. The van der Waals surface area contributed by atoms with Crippen LogP contribution in [0, 0.1) is 16.0 Å². The van der Waals surface area contributed by atoms with Crippen molar-refractivity contribution >= 4 is 22.2 Å². The van der Waals surface area contributed by atoms with Crippen LogP contribution in [-0.4, -0.2) is 41.4 Å². The molecule has 0 unspecified atom stereocenters. The van der Waals surface area contributed by atoms with E-state index in [1.807, 2.05) is 0 Å². The lowest BCUT2D eigenvalue weighted by atomic mass is 10.0. The molecule has 0 aromatic carbocycles. The second-order valence-corrected chi connectivity index (χ2v) is 6.74. The first kappa shape index (κ1) is 14.5. The number of amides is 1. The van der Waals surface area contributed by atoms with E-state index in [0.717, 1.165) is 49.7 Å². The molecule has 1 aromatic heterocycles. The first-order valence-corrected chi connectivity index (χ1v) is 8.27. The molecule has 3 rings (SSSR count). The van der Waals surface area contributed by atoms with Gasteiger partial charge in [0.05, 0.1) is 10.5 Å². The SMILES string of the molecule is O=C(c1csc([N+](=O)[O-])c1)N1CCC(NCC2CC2)CC1. The summed E-state index contributed by atoms with van der Waals surface area (Å²) < 4.78 is 0. The van der Waals surface area contributed by atoms with Gasteiger partial charge in [0.2, 0.25) is 0 Å². The molecule has 1 aliphatic heterocycles. The smallest absolute Gasteiger partial charge is 0.324 e. The summed E-state index contributed by atoms with van der Waals surface area (Å²) in [4.78, 5) is 24.3. The van der Waals surface area contributed by atoms with Gasteiger partial charge in [0, 0.05) is 30.6 Å². The van der Waals surface area contributed by atoms with Crippen molar-refractivity contribution in [3.05, 3.63) is 27.1 Å². The Hall–Kier alpha value is -1.47. The number of carbonyl (C=O) groups is 1. The molecule has 0 atom stereocenters. The molecule has 0 bridgehead atoms. The molecule has 114 valence electrons. The number of hydrogen-bond donors (Lipinski definition) is 1. The van der Waals surface area contributed by atoms with E-state index in [-0.39, 0.29) is 10.9 Å². The largest absolute Gasteiger partial charge is 0.339 e. The van der Waals surface area contributed by atoms with Crippen LogP contribution in [0.1, 0.15) is 36.0 Å². The van der Waals surface area contributed by atoms with Gasteiger partial charge in [-0.15, -0.1) is 0 Å². The highest BCUT2D eigenvalue weighted by Gasteiger charge is 2.27. The van der Waals surface area contributed by atoms with Gasteiger partial charge in [0.25, 0.3) is 5.91 Å². The van der Waals surface area contributed by atoms with E-state index in [0.29, 0.717) is 11.6 Å². The van der Waals surface area contributed by atoms with E-state index < -0.39 is 4.92 Å². The minimum absolute atomic E-state index is 0.0272. The highest BCUT2D eigenvalue weighted by atomic mass is 32.1. The van der Waals surface area contributed by atoms with Crippen LogP contribution >= 0.6 is 11.3 Å². The quantitative estimate of drug-likeness (QED) is 0.668. The van der Waals surface area contributed by atoms with Crippen molar-refractivity contribution < 1.29 is 9.72 Å². The Kier molecular flexibility index (Phi) is 4.21. The second-order valence-electron chi connectivity index (χ2n) is 5.85. The average Bonchev–Trinajstić information content (AvgIpc) is 3.18. The highest BCUT2D eigenvalue weighted by molar-refractivity contribution is 7.13. The normalized spacial score (nSPS) is 19.7. The number of likely N-dealkylation sites (tertiary alicyclic amines) is 1. The minimum atomic E-state index is -0.449. The molecule has 6 nitrogen and oxygen atoms in total. The molecule has 2 fully saturated rings. The number of piperidine rings is 1. The van der Waals surface area contributed by atoms with Gasteiger partial charge in [0.15, 0.2) is 0 Å². The Bertz CT molecular complexity index is 533. The van der Waals surface area contributed by atoms with Crippen LogP contribution in [0.5, 0.6) is 0 Å². The molecule has 1 aromatic rings. The number of nitrogens with one attached hydrogen (secondary N) is 1. The van der Waals surface area contributed by atoms with Crippen molar-refractivity contribution in [1.82, 2.24) is 10.2 Å². The van der Waals surface area contributed by atoms with E-state index in [1.165, 1.54) is 18.9 Å². The van der Waals surface area contributed by atoms with E-state index in [2.05, 4.69) is 5.32 Å². The molecule has 1 saturated heterocycles. The van der Waals surface area contributed by atoms with Crippen LogP contribution < -0.4 is 5.32 Å². The van der Waals surface area contributed by atoms with Crippen LogP contribution in [0.3, 0.4) is 0 Å². The van der Waals surface area contributed by atoms with E-state index >= 15 is 0 Å². The van der Waals surface area contributed by atoms with E-state index in [9.17, 15) is 14.9 Å². The molecule has 2 aliphatic rings. The Morgan fingerprint density at radius 3 is 2.67 bits per heavy atom. The number of nitrogens with zero attached hydrogens (tertiary/aromatic N) is 2. The summed E-state index contributed by atoms with van der Waals surface area (Å²) in [5.74, 6) is 0.788. The molecule has 7 heteroatoms. The average molecular weight is 309 g/mol. The number of hydrogen-bond acceptors (Lipinski definition) is 5. The predicted molar refractivity (Wildman–Crippen MR) is 80.6 cm³/mol. The van der Waals surface area contributed by atoms with Gasteiger partial charge in [-0.1, -0.05) is 11.3 Å². The lowest BCUT2D eigenvalue weighted by Crippen LogP contribution is -2.45. The van der Waals surface area contributed by atoms with E-state index in [1.54, 1.807) is 10.3 Å². The van der Waals surface area contributed by atoms with Gasteiger partial charge in [-0.25, -0.2) is 0 Å². The Morgan fingerprint density at radius 2 is 2.10 bits per heavy atom. The fourth-order valence-corrected chi connectivity index (χ4v) is 3.36. The number of rotatable bonds is 5. The molecule has 21 heavy (non-hydrogen) atoms. The Labute approximate surface area is 127 Å². The van der Waals surface area contributed by atoms with Crippen molar-refractivity contribution in [2.75, 3.05) is 19.6 Å². The Balaban J connectivity index is 1.50. The summed E-state index contributed by atoms with van der Waals surface area (Å²) >= 11 is 1.01. The lowest BCUT2D eigenvalue weighted by molar-refractivity contribution is -0.380. The molecule has 1 amide bonds. The monoisotopic (exact) mass is 309 g/mol. The van der Waals surface area contributed by atoms with Crippen LogP contribution in [-0.2, 0) is 0 Å². The van der Waals surface area contributed by atoms with Gasteiger partial charge in [-0.05, 0) is 38.1 Å². The maximum Gasteiger partial charge on any atom is 0.324 e. The van der Waals surface area contributed by atoms with Crippen LogP contribution in [0.4, 0.5) is 5.00 Å². The third-order valence-corrected chi connectivity index (χ3v) is 5.07. The predicted octanol–water partition coefficient (Wildman–Crippen LogP) is 2.26. The van der Waals surface area contributed by atoms with Crippen molar-refractivity contribution in [2.45, 2.75) is 31.7 Å². The van der Waals surface area contributed by atoms with Gasteiger partial charge in [-0.2, -0.15) is 0 Å². The zero-order valence-corrected chi connectivity index (χ0v) is 12.6. The number of thiophene rings is 1. The van der Waals surface area contributed by atoms with Gasteiger partial charge < -0.3 is 10.2 Å². The molecule has 2 heterocycles. The standard InChI is InChI=1S/C14H19N3O3S/c18-14(11-7-13(17(19)20)21-9-11)16-5-3-12(4-6-16)15-8-10-1-2-10/h7,9-10,12,15H,1-6,8H2. The lowest BCUT2D eigenvalue weighted by Gasteiger charge is -2.32. The Morgan fingerprint density at radius 1 is 1.38 bits per heavy atom. The molecule has 1 saturated carbocycles. The zero-order valence-electron chi connectivity index (χ0n) is 11.8. The molecule has 0 spiro atoms. The van der Waals surface area contributed by atoms with Gasteiger partial charge >= 0.3 is 5.00 Å². The highest BCUT2D eigenvalue weighted by Crippen LogP contribution is 2.28. The number of nitro groups is 1. The summed E-state index contributed by atoms with van der Waals surface area (Å²) in [6.07, 6.45) is 4.62. The third-order valence-electron chi connectivity index (χ3n) is 4.19. The van der Waals surface area contributed by atoms with Crippen LogP contribution in [0.2, 0.25) is 0 Å². The van der Waals surface area contributed by atoms with Crippen molar-refractivity contribution in [3.8, 4) is 0 Å². The van der Waals surface area contributed by atoms with E-state index in [4.69, 9.17) is 0 Å². The molecular formula is C14H19N3O3S. The van der Waals surface area contributed by atoms with Crippen LogP contribution in [0.25, 0.3) is 0 Å². The van der Waals surface area contributed by atoms with Crippen molar-refractivity contribution in [2.24, 2.45) is 5.92 Å². The second kappa shape index (κ2) is 6.11. The summed E-state index contributed by atoms with van der Waals surface area (Å²) in [5.41, 5.74) is 0.441. The van der Waals surface area contributed by atoms with Crippen molar-refractivity contribution in [1.29, 1.82) is 0 Å². The first-order valence-electron chi connectivity index (χ1n) is 7.39. The molecule has 1 N–H and O–H groups in total. The van der Waals surface area contributed by atoms with Crippen molar-refractivity contribution in [3.63, 3.8) is 0 Å². The topological polar surface area (TPSA) is 75.5 Å². The van der Waals surface area contributed by atoms with Gasteiger partial charge in [0.1, 0.15) is 0 Å². The van der Waals surface area contributed by atoms with Gasteiger partial charge in [-0.3, -0.25) is 14.9 Å². The first-order chi connectivity index (χ1) is 10.1. The fourth-order valence-electron chi connectivity index (χ4n) is 2.66. The summed E-state index contributed by atoms with van der Waals surface area (Å²) in [6.45, 7) is 2.56. The fraction of sp³-hybridized carbons (Fsp3) is 0.643. The van der Waals surface area contributed by atoms with Crippen LogP contribution in [0.15, 0.2) is 11.4 Å². The summed E-state index contributed by atoms with van der Waals surface area (Å²) in [6, 6.07) is 1.89. The molecule has 0 radical (unpaired) electrons. The third kappa shape index (κ3) is 3.59. The molecular weight excluding hydrogens is 290 g/mol. The minimum Gasteiger partial charge on any atom is -0.339 e. The number of carbonyl (C=O) groups excluding carboxylic acids is 1. The maximum absolute atomic E-state index is 12.3. The zero-order chi connectivity index (χ0) is 14.8.